The van der Waals surface area contributed by atoms with Crippen LogP contribution >= 0.6 is 11.8 Å². The number of nitrogens with one attached hydrogen (secondary N) is 1. The van der Waals surface area contributed by atoms with Crippen molar-refractivity contribution in [2.75, 3.05) is 25.4 Å². The van der Waals surface area contributed by atoms with Crippen LogP contribution in [0.1, 0.15) is 6.42 Å². The molecule has 0 aromatic rings. The third-order valence-corrected chi connectivity index (χ3v) is 3.16. The van der Waals surface area contributed by atoms with Crippen LogP contribution in [0.15, 0.2) is 0 Å². The molecule has 0 bridgehead atoms. The van der Waals surface area contributed by atoms with Gasteiger partial charge in [-0.05, 0) is 0 Å². The van der Waals surface area contributed by atoms with Crippen molar-refractivity contribution in [2.24, 2.45) is 0 Å². The Labute approximate surface area is 102 Å². The lowest BCUT2D eigenvalue weighted by atomic mass is 10.3. The summed E-state index contributed by atoms with van der Waals surface area (Å²) < 4.78 is 0. The van der Waals surface area contributed by atoms with Crippen LogP contribution < -0.4 is 5.32 Å². The van der Waals surface area contributed by atoms with Crippen molar-refractivity contribution in [3.05, 3.63) is 0 Å². The van der Waals surface area contributed by atoms with E-state index in [0.717, 1.165) is 5.75 Å². The van der Waals surface area contributed by atoms with Crippen LogP contribution in [0.4, 0.5) is 4.79 Å². The predicted molar refractivity (Wildman–Crippen MR) is 60.7 cm³/mol. The average Bonchev–Trinajstić information content (AvgIpc) is 2.68. The molecule has 17 heavy (non-hydrogen) atoms. The highest BCUT2D eigenvalue weighted by Crippen LogP contribution is 2.16. The lowest BCUT2D eigenvalue weighted by Gasteiger charge is -2.15. The van der Waals surface area contributed by atoms with Gasteiger partial charge < -0.3 is 20.4 Å². The van der Waals surface area contributed by atoms with E-state index in [-0.39, 0.29) is 18.2 Å². The van der Waals surface area contributed by atoms with Gasteiger partial charge >= 0.3 is 5.97 Å². The SMILES string of the molecule is O=C(CCN1CCSC1=O)N[C@@H](CO)C(=O)O. The summed E-state index contributed by atoms with van der Waals surface area (Å²) in [5.74, 6) is -1.06. The predicted octanol–water partition coefficient (Wildman–Crippen LogP) is -0.893. The van der Waals surface area contributed by atoms with Crippen molar-refractivity contribution in [1.82, 2.24) is 10.2 Å². The van der Waals surface area contributed by atoms with Crippen molar-refractivity contribution in [3.63, 3.8) is 0 Å². The number of amides is 2. The molecule has 96 valence electrons. The second-order valence-electron chi connectivity index (χ2n) is 3.49. The molecular formula is C9H14N2O5S. The number of carboxylic acids is 1. The summed E-state index contributed by atoms with van der Waals surface area (Å²) in [7, 11) is 0. The smallest absolute Gasteiger partial charge is 0.328 e. The number of thioether (sulfide) groups is 1. The first-order valence-corrected chi connectivity index (χ1v) is 6.08. The van der Waals surface area contributed by atoms with Crippen LogP contribution in [-0.4, -0.2) is 63.7 Å². The summed E-state index contributed by atoms with van der Waals surface area (Å²) >= 11 is 1.20. The molecule has 0 aromatic heterocycles. The van der Waals surface area contributed by atoms with E-state index in [1.165, 1.54) is 11.8 Å². The molecule has 1 fully saturated rings. The Hall–Kier alpha value is -1.28. The highest BCUT2D eigenvalue weighted by molar-refractivity contribution is 8.13. The fourth-order valence-electron chi connectivity index (χ4n) is 1.32. The first kappa shape index (κ1) is 13.8. The Morgan fingerprint density at radius 3 is 2.71 bits per heavy atom. The number of carbonyl (C=O) groups excluding carboxylic acids is 2. The number of hydrogen-bond donors (Lipinski definition) is 3. The third kappa shape index (κ3) is 4.23. The zero-order chi connectivity index (χ0) is 12.8. The number of aliphatic carboxylic acids is 1. The molecule has 1 aliphatic rings. The highest BCUT2D eigenvalue weighted by Gasteiger charge is 2.23. The molecule has 7 nitrogen and oxygen atoms in total. The molecule has 1 atom stereocenters. The quantitative estimate of drug-likeness (QED) is 0.573. The molecule has 1 aliphatic heterocycles. The van der Waals surface area contributed by atoms with Gasteiger partial charge in [0, 0.05) is 25.3 Å². The minimum Gasteiger partial charge on any atom is -0.480 e. The molecule has 1 rings (SSSR count). The van der Waals surface area contributed by atoms with Gasteiger partial charge in [0.1, 0.15) is 6.04 Å². The van der Waals surface area contributed by atoms with E-state index >= 15 is 0 Å². The second-order valence-corrected chi connectivity index (χ2v) is 4.54. The Kier molecular flexibility index (Phi) is 5.23. The Bertz CT molecular complexity index is 323. The molecule has 0 spiro atoms. The zero-order valence-electron chi connectivity index (χ0n) is 9.09. The van der Waals surface area contributed by atoms with Gasteiger partial charge in [-0.3, -0.25) is 9.59 Å². The minimum absolute atomic E-state index is 0.0378. The van der Waals surface area contributed by atoms with Crippen LogP contribution in [0.2, 0.25) is 0 Å². The van der Waals surface area contributed by atoms with E-state index < -0.39 is 24.5 Å². The van der Waals surface area contributed by atoms with Gasteiger partial charge in [-0.1, -0.05) is 11.8 Å². The molecule has 0 aliphatic carbocycles. The Morgan fingerprint density at radius 1 is 1.53 bits per heavy atom. The Morgan fingerprint density at radius 2 is 2.24 bits per heavy atom. The maximum absolute atomic E-state index is 11.3. The first-order chi connectivity index (χ1) is 8.04. The normalized spacial score (nSPS) is 17.0. The fourth-order valence-corrected chi connectivity index (χ4v) is 2.17. The summed E-state index contributed by atoms with van der Waals surface area (Å²) in [6.07, 6.45) is 0.0378. The third-order valence-electron chi connectivity index (χ3n) is 2.27. The molecule has 0 radical (unpaired) electrons. The van der Waals surface area contributed by atoms with E-state index in [4.69, 9.17) is 10.2 Å². The number of hydrogen-bond acceptors (Lipinski definition) is 5. The fraction of sp³-hybridized carbons (Fsp3) is 0.667. The van der Waals surface area contributed by atoms with Gasteiger partial charge in [0.2, 0.25) is 5.91 Å². The van der Waals surface area contributed by atoms with Crippen molar-refractivity contribution < 1.29 is 24.6 Å². The molecule has 0 aromatic carbocycles. The van der Waals surface area contributed by atoms with E-state index in [2.05, 4.69) is 5.32 Å². The van der Waals surface area contributed by atoms with Crippen molar-refractivity contribution >= 4 is 28.9 Å². The van der Waals surface area contributed by atoms with Crippen LogP contribution in [0, 0.1) is 0 Å². The second kappa shape index (κ2) is 6.45. The van der Waals surface area contributed by atoms with Crippen LogP contribution in [0.25, 0.3) is 0 Å². The number of aliphatic hydroxyl groups is 1. The number of nitrogens with zero attached hydrogens (tertiary/aromatic N) is 1. The zero-order valence-corrected chi connectivity index (χ0v) is 9.90. The molecule has 1 saturated heterocycles. The molecular weight excluding hydrogens is 248 g/mol. The molecule has 2 amide bonds. The van der Waals surface area contributed by atoms with Gasteiger partial charge in [-0.25, -0.2) is 4.79 Å². The van der Waals surface area contributed by atoms with E-state index in [0.29, 0.717) is 6.54 Å². The van der Waals surface area contributed by atoms with Crippen LogP contribution in [0.3, 0.4) is 0 Å². The van der Waals surface area contributed by atoms with Gasteiger partial charge in [-0.15, -0.1) is 0 Å². The number of carboxylic acid groups (broad SMARTS) is 1. The summed E-state index contributed by atoms with van der Waals surface area (Å²) in [6, 6.07) is -1.29. The number of carbonyl (C=O) groups is 3. The average molecular weight is 262 g/mol. The molecule has 0 saturated carbocycles. The number of rotatable bonds is 6. The largest absolute Gasteiger partial charge is 0.480 e. The summed E-state index contributed by atoms with van der Waals surface area (Å²) in [5.41, 5.74) is 0. The van der Waals surface area contributed by atoms with E-state index in [9.17, 15) is 14.4 Å². The van der Waals surface area contributed by atoms with Crippen LogP contribution in [-0.2, 0) is 9.59 Å². The van der Waals surface area contributed by atoms with E-state index in [1.54, 1.807) is 4.90 Å². The first-order valence-electron chi connectivity index (χ1n) is 5.09. The summed E-state index contributed by atoms with van der Waals surface area (Å²) in [5, 5.41) is 19.4. The monoisotopic (exact) mass is 262 g/mol. The molecule has 3 N–H and O–H groups in total. The van der Waals surface area contributed by atoms with Crippen molar-refractivity contribution in [1.29, 1.82) is 0 Å². The van der Waals surface area contributed by atoms with Gasteiger partial charge in [-0.2, -0.15) is 0 Å². The Balaban J connectivity index is 2.29. The maximum atomic E-state index is 11.3. The van der Waals surface area contributed by atoms with Crippen molar-refractivity contribution in [2.45, 2.75) is 12.5 Å². The summed E-state index contributed by atoms with van der Waals surface area (Å²) in [4.78, 5) is 34.6. The van der Waals surface area contributed by atoms with Gasteiger partial charge in [0.05, 0.1) is 6.61 Å². The van der Waals surface area contributed by atoms with Crippen LogP contribution in [0.5, 0.6) is 0 Å². The summed E-state index contributed by atoms with van der Waals surface area (Å²) in [6.45, 7) is 0.230. The molecule has 1 heterocycles. The lowest BCUT2D eigenvalue weighted by molar-refractivity contribution is -0.143. The topological polar surface area (TPSA) is 107 Å². The van der Waals surface area contributed by atoms with Gasteiger partial charge in [0.25, 0.3) is 5.24 Å². The minimum atomic E-state index is -1.29. The van der Waals surface area contributed by atoms with E-state index in [1.807, 2.05) is 0 Å². The van der Waals surface area contributed by atoms with Crippen molar-refractivity contribution in [3.8, 4) is 0 Å². The maximum Gasteiger partial charge on any atom is 0.328 e. The molecule has 0 unspecified atom stereocenters. The molecule has 8 heteroatoms. The lowest BCUT2D eigenvalue weighted by Crippen LogP contribution is -2.44. The highest BCUT2D eigenvalue weighted by atomic mass is 32.2. The number of aliphatic hydroxyl groups excluding tert-OH is 1. The standard InChI is InChI=1S/C9H14N2O5S/c12-5-6(8(14)15)10-7(13)1-2-11-3-4-17-9(11)16/h6,12H,1-5H2,(H,10,13)(H,14,15)/t6-/m0/s1. The van der Waals surface area contributed by atoms with Gasteiger partial charge in [0.15, 0.2) is 0 Å².